The normalized spacial score (nSPS) is 11.9. The highest BCUT2D eigenvalue weighted by Crippen LogP contribution is 2.31. The number of aromatic nitrogens is 1. The largest absolute Gasteiger partial charge is 0.448 e. The minimum absolute atomic E-state index is 0.196. The number of halogens is 2. The van der Waals surface area contributed by atoms with Crippen molar-refractivity contribution in [2.45, 2.75) is 20.0 Å². The molecule has 0 aliphatic heterocycles. The predicted molar refractivity (Wildman–Crippen MR) is 100 cm³/mol. The number of aryl methyl sites for hydroxylation is 1. The van der Waals surface area contributed by atoms with E-state index in [1.807, 2.05) is 17.5 Å². The summed E-state index contributed by atoms with van der Waals surface area (Å²) in [4.78, 5) is 30.1. The second-order valence-electron chi connectivity index (χ2n) is 5.57. The first-order valence-corrected chi connectivity index (χ1v) is 9.53. The van der Waals surface area contributed by atoms with Gasteiger partial charge in [-0.2, -0.15) is 0 Å². The van der Waals surface area contributed by atoms with Gasteiger partial charge >= 0.3 is 5.97 Å². The van der Waals surface area contributed by atoms with Gasteiger partial charge in [-0.3, -0.25) is 4.79 Å². The second-order valence-corrected chi connectivity index (χ2v) is 7.52. The third-order valence-electron chi connectivity index (χ3n) is 3.56. The number of anilines is 1. The summed E-state index contributed by atoms with van der Waals surface area (Å²) >= 11 is 2.68. The molecule has 5 nitrogen and oxygen atoms in total. The zero-order valence-electron chi connectivity index (χ0n) is 14.3. The summed E-state index contributed by atoms with van der Waals surface area (Å²) in [6.07, 6.45) is -1.17. The Morgan fingerprint density at radius 1 is 1.26 bits per heavy atom. The Balaban J connectivity index is 1.67. The van der Waals surface area contributed by atoms with Crippen LogP contribution in [0.5, 0.6) is 0 Å². The fraction of sp³-hybridized carbons (Fsp3) is 0.167. The maximum absolute atomic E-state index is 13.6. The Kier molecular flexibility index (Phi) is 5.62. The fourth-order valence-electron chi connectivity index (χ4n) is 2.18. The number of hydrogen-bond acceptors (Lipinski definition) is 6. The van der Waals surface area contributed by atoms with E-state index >= 15 is 0 Å². The van der Waals surface area contributed by atoms with E-state index in [1.54, 1.807) is 6.92 Å². The highest BCUT2D eigenvalue weighted by atomic mass is 32.1. The summed E-state index contributed by atoms with van der Waals surface area (Å²) in [7, 11) is 0. The number of carbonyl (C=O) groups is 2. The maximum Gasteiger partial charge on any atom is 0.351 e. The Labute approximate surface area is 161 Å². The van der Waals surface area contributed by atoms with Crippen molar-refractivity contribution in [1.29, 1.82) is 0 Å². The van der Waals surface area contributed by atoms with Crippen molar-refractivity contribution in [3.63, 3.8) is 0 Å². The molecule has 9 heteroatoms. The average Bonchev–Trinajstić information content (AvgIpc) is 3.26. The van der Waals surface area contributed by atoms with Gasteiger partial charge in [0, 0.05) is 6.07 Å². The summed E-state index contributed by atoms with van der Waals surface area (Å²) in [6, 6.07) is 6.54. The Bertz CT molecular complexity index is 987. The molecule has 1 N–H and O–H groups in total. The van der Waals surface area contributed by atoms with Crippen LogP contribution in [0, 0.1) is 18.6 Å². The van der Waals surface area contributed by atoms with Gasteiger partial charge in [0.1, 0.15) is 21.5 Å². The van der Waals surface area contributed by atoms with E-state index in [2.05, 4.69) is 10.3 Å². The number of hydrogen-bond donors (Lipinski definition) is 1. The molecule has 2 aromatic heterocycles. The molecule has 3 aromatic rings. The molecule has 0 saturated carbocycles. The zero-order valence-corrected chi connectivity index (χ0v) is 15.9. The SMILES string of the molecule is Cc1nc(-c2cccs2)sc1C(=O)OC(C)C(=O)Nc1ccc(F)cc1F. The van der Waals surface area contributed by atoms with Gasteiger partial charge < -0.3 is 10.1 Å². The van der Waals surface area contributed by atoms with Crippen molar-refractivity contribution in [2.75, 3.05) is 5.32 Å². The van der Waals surface area contributed by atoms with Crippen LogP contribution in [-0.4, -0.2) is 23.0 Å². The first kappa shape index (κ1) is 19.1. The van der Waals surface area contributed by atoms with Crippen LogP contribution in [0.3, 0.4) is 0 Å². The van der Waals surface area contributed by atoms with Crippen LogP contribution in [-0.2, 0) is 9.53 Å². The third kappa shape index (κ3) is 4.37. The van der Waals surface area contributed by atoms with Crippen LogP contribution in [0.25, 0.3) is 9.88 Å². The fourth-order valence-corrected chi connectivity index (χ4v) is 3.93. The molecule has 0 bridgehead atoms. The molecule has 1 aromatic carbocycles. The van der Waals surface area contributed by atoms with E-state index in [9.17, 15) is 18.4 Å². The molecule has 0 fully saturated rings. The van der Waals surface area contributed by atoms with Gasteiger partial charge in [-0.15, -0.1) is 22.7 Å². The Morgan fingerprint density at radius 3 is 2.70 bits per heavy atom. The van der Waals surface area contributed by atoms with Crippen LogP contribution in [0.15, 0.2) is 35.7 Å². The molecule has 3 rings (SSSR count). The van der Waals surface area contributed by atoms with E-state index in [0.717, 1.165) is 17.0 Å². The van der Waals surface area contributed by atoms with Gasteiger partial charge in [0.05, 0.1) is 16.3 Å². The molecule has 0 spiro atoms. The number of esters is 1. The van der Waals surface area contributed by atoms with Crippen molar-refractivity contribution in [1.82, 2.24) is 4.98 Å². The summed E-state index contributed by atoms with van der Waals surface area (Å²) in [5.41, 5.74) is 0.309. The van der Waals surface area contributed by atoms with Crippen molar-refractivity contribution in [3.05, 3.63) is 57.9 Å². The van der Waals surface area contributed by atoms with Crippen LogP contribution >= 0.6 is 22.7 Å². The van der Waals surface area contributed by atoms with E-state index in [-0.39, 0.29) is 5.69 Å². The van der Waals surface area contributed by atoms with E-state index in [4.69, 9.17) is 4.74 Å². The summed E-state index contributed by atoms with van der Waals surface area (Å²) in [6.45, 7) is 3.05. The van der Waals surface area contributed by atoms with E-state index in [0.29, 0.717) is 21.6 Å². The number of thiazole rings is 1. The number of amides is 1. The zero-order chi connectivity index (χ0) is 19.6. The minimum Gasteiger partial charge on any atom is -0.448 e. The van der Waals surface area contributed by atoms with Crippen molar-refractivity contribution in [2.24, 2.45) is 0 Å². The monoisotopic (exact) mass is 408 g/mol. The molecule has 27 heavy (non-hydrogen) atoms. The summed E-state index contributed by atoms with van der Waals surface area (Å²) < 4.78 is 31.7. The Morgan fingerprint density at radius 2 is 2.04 bits per heavy atom. The number of nitrogens with one attached hydrogen (secondary N) is 1. The highest BCUT2D eigenvalue weighted by Gasteiger charge is 2.24. The van der Waals surface area contributed by atoms with Gasteiger partial charge in [-0.25, -0.2) is 18.6 Å². The molecule has 0 aliphatic carbocycles. The quantitative estimate of drug-likeness (QED) is 0.625. The van der Waals surface area contributed by atoms with Gasteiger partial charge in [0.25, 0.3) is 5.91 Å². The molecule has 1 atom stereocenters. The molecular weight excluding hydrogens is 394 g/mol. The lowest BCUT2D eigenvalue weighted by Crippen LogP contribution is -2.30. The lowest BCUT2D eigenvalue weighted by Gasteiger charge is -2.13. The number of thiophene rings is 1. The van der Waals surface area contributed by atoms with Crippen LogP contribution in [0.4, 0.5) is 14.5 Å². The van der Waals surface area contributed by atoms with Crippen LogP contribution in [0.2, 0.25) is 0 Å². The molecule has 0 saturated heterocycles. The number of benzene rings is 1. The molecule has 140 valence electrons. The number of rotatable bonds is 5. The van der Waals surface area contributed by atoms with Crippen molar-refractivity contribution < 1.29 is 23.1 Å². The van der Waals surface area contributed by atoms with Gasteiger partial charge in [0.15, 0.2) is 6.10 Å². The lowest BCUT2D eigenvalue weighted by molar-refractivity contribution is -0.123. The smallest absolute Gasteiger partial charge is 0.351 e. The topological polar surface area (TPSA) is 68.3 Å². The molecule has 2 heterocycles. The standard InChI is InChI=1S/C18H14F2N2O3S2/c1-9-15(27-17(21-9)14-4-3-7-26-14)18(24)25-10(2)16(23)22-13-6-5-11(19)8-12(13)20/h3-8,10H,1-2H3,(H,22,23). The second kappa shape index (κ2) is 7.93. The number of ether oxygens (including phenoxy) is 1. The first-order chi connectivity index (χ1) is 12.8. The third-order valence-corrected chi connectivity index (χ3v) is 5.73. The van der Waals surface area contributed by atoms with Gasteiger partial charge in [-0.05, 0) is 37.4 Å². The summed E-state index contributed by atoms with van der Waals surface area (Å²) in [5.74, 6) is -3.09. The van der Waals surface area contributed by atoms with Gasteiger partial charge in [-0.1, -0.05) is 6.07 Å². The van der Waals surface area contributed by atoms with Crippen molar-refractivity contribution in [3.8, 4) is 9.88 Å². The van der Waals surface area contributed by atoms with E-state index < -0.39 is 29.6 Å². The molecule has 0 aliphatic rings. The van der Waals surface area contributed by atoms with Crippen LogP contribution < -0.4 is 5.32 Å². The average molecular weight is 408 g/mol. The summed E-state index contributed by atoms with van der Waals surface area (Å²) in [5, 5.41) is 4.87. The predicted octanol–water partition coefficient (Wildman–Crippen LogP) is 4.64. The molecule has 0 radical (unpaired) electrons. The molecular formula is C18H14F2N2O3S2. The van der Waals surface area contributed by atoms with Crippen LogP contribution in [0.1, 0.15) is 22.3 Å². The molecule has 1 amide bonds. The first-order valence-electron chi connectivity index (χ1n) is 7.83. The van der Waals surface area contributed by atoms with Crippen molar-refractivity contribution >= 4 is 40.2 Å². The minimum atomic E-state index is -1.17. The van der Waals surface area contributed by atoms with E-state index in [1.165, 1.54) is 29.6 Å². The van der Waals surface area contributed by atoms with Gasteiger partial charge in [0.2, 0.25) is 0 Å². The lowest BCUT2D eigenvalue weighted by atomic mass is 10.2. The highest BCUT2D eigenvalue weighted by molar-refractivity contribution is 7.22. The number of nitrogens with zero attached hydrogens (tertiary/aromatic N) is 1. The maximum atomic E-state index is 13.6. The Hall–Kier alpha value is -2.65. The molecule has 1 unspecified atom stereocenters. The number of carbonyl (C=O) groups excluding carboxylic acids is 2.